The third-order valence-electron chi connectivity index (χ3n) is 14.0. The van der Waals surface area contributed by atoms with Gasteiger partial charge in [0.2, 0.25) is 0 Å². The van der Waals surface area contributed by atoms with E-state index in [9.17, 15) is 30.8 Å². The predicted octanol–water partition coefficient (Wildman–Crippen LogP) is 3.15. The van der Waals surface area contributed by atoms with Crippen molar-refractivity contribution in [2.75, 3.05) is 13.2 Å². The normalized spacial score (nSPS) is 55.0. The van der Waals surface area contributed by atoms with E-state index >= 15 is 0 Å². The second-order valence-corrected chi connectivity index (χ2v) is 16.0. The van der Waals surface area contributed by atoms with Crippen molar-refractivity contribution in [2.45, 2.75) is 140 Å². The Morgan fingerprint density at radius 2 is 1.70 bits per heavy atom. The highest BCUT2D eigenvalue weighted by molar-refractivity contribution is 5.20. The van der Waals surface area contributed by atoms with E-state index in [0.29, 0.717) is 41.9 Å². The van der Waals surface area contributed by atoms with Gasteiger partial charge in [-0.2, -0.15) is 5.26 Å². The average molecular weight is 606 g/mol. The van der Waals surface area contributed by atoms with E-state index in [1.165, 1.54) is 25.7 Å². The molecule has 244 valence electrons. The molecule has 2 heterocycles. The van der Waals surface area contributed by atoms with Crippen LogP contribution in [-0.2, 0) is 14.2 Å². The molecular formula is C34H55NO8. The van der Waals surface area contributed by atoms with E-state index in [1.54, 1.807) is 0 Å². The molecule has 4 aliphatic carbocycles. The number of ether oxygens (including phenoxy) is 3. The summed E-state index contributed by atoms with van der Waals surface area (Å²) in [6, 6.07) is 2.62. The van der Waals surface area contributed by atoms with Crippen LogP contribution in [-0.4, -0.2) is 87.3 Å². The zero-order valence-corrected chi connectivity index (χ0v) is 26.5. The molecule has 0 aromatic carbocycles. The Hall–Kier alpha value is -0.830. The molecule has 4 saturated carbocycles. The third kappa shape index (κ3) is 5.11. The number of hydrogen-bond acceptors (Lipinski definition) is 9. The molecule has 0 radical (unpaired) electrons. The van der Waals surface area contributed by atoms with Gasteiger partial charge in [-0.1, -0.05) is 27.7 Å². The van der Waals surface area contributed by atoms with Crippen molar-refractivity contribution in [3.63, 3.8) is 0 Å². The molecule has 0 aromatic heterocycles. The molecule has 0 bridgehead atoms. The summed E-state index contributed by atoms with van der Waals surface area (Å²) in [6.07, 6.45) is 3.93. The van der Waals surface area contributed by atoms with Crippen LogP contribution in [0.5, 0.6) is 0 Å². The maximum atomic E-state index is 10.5. The highest BCUT2D eigenvalue weighted by Crippen LogP contribution is 2.71. The van der Waals surface area contributed by atoms with Crippen molar-refractivity contribution in [2.24, 2.45) is 52.3 Å². The molecule has 17 atom stereocenters. The summed E-state index contributed by atoms with van der Waals surface area (Å²) in [7, 11) is 0. The number of aliphatic hydroxyl groups excluding tert-OH is 5. The Morgan fingerprint density at radius 1 is 0.953 bits per heavy atom. The van der Waals surface area contributed by atoms with Crippen LogP contribution in [0.15, 0.2) is 0 Å². The fraction of sp³-hybridized carbons (Fsp3) is 0.971. The summed E-state index contributed by atoms with van der Waals surface area (Å²) in [6.45, 7) is 9.04. The molecule has 6 aliphatic rings. The maximum absolute atomic E-state index is 10.5. The van der Waals surface area contributed by atoms with Gasteiger partial charge in [-0.3, -0.25) is 0 Å². The van der Waals surface area contributed by atoms with Crippen molar-refractivity contribution in [1.29, 1.82) is 5.26 Å². The van der Waals surface area contributed by atoms with Crippen LogP contribution in [0.2, 0.25) is 0 Å². The monoisotopic (exact) mass is 605 g/mol. The first kappa shape index (κ1) is 32.1. The minimum Gasteiger partial charge on any atom is -0.394 e. The first-order chi connectivity index (χ1) is 20.4. The standard InChI is InChI=1S/C34H55NO8/c1-18(16-41-31-30(40)29(39)28(38)26(15-36)42-31)7-12-34(17-35)19(2)27-25(43-34)14-24-22-6-5-20-13-21(37)8-10-32(20,3)23(22)9-11-33(24,27)4/h18-31,36-40H,5-16H2,1-4H3/t18-,19-,20+,21-,22+,23-,24-,25-,26+,27-,28+,29-,30+,31+,32-,33-,34-/m0/s1. The minimum atomic E-state index is -1.46. The summed E-state index contributed by atoms with van der Waals surface area (Å²) in [5.74, 6) is 3.27. The number of aliphatic hydroxyl groups is 5. The lowest BCUT2D eigenvalue weighted by molar-refractivity contribution is -0.303. The van der Waals surface area contributed by atoms with Gasteiger partial charge >= 0.3 is 0 Å². The molecule has 0 unspecified atom stereocenters. The zero-order valence-electron chi connectivity index (χ0n) is 26.5. The quantitative estimate of drug-likeness (QED) is 0.295. The summed E-state index contributed by atoms with van der Waals surface area (Å²) >= 11 is 0. The Labute approximate surface area is 256 Å². The van der Waals surface area contributed by atoms with Crippen molar-refractivity contribution in [1.82, 2.24) is 0 Å². The van der Waals surface area contributed by atoms with Gasteiger partial charge in [-0.15, -0.1) is 0 Å². The van der Waals surface area contributed by atoms with Gasteiger partial charge in [0.05, 0.1) is 31.5 Å². The fourth-order valence-corrected chi connectivity index (χ4v) is 11.4. The SMILES string of the molecule is C[C@@H](CC[C@@]1(C#N)O[C@H]2C[C@H]3[C@@H]4CC[C@@H]5C[C@@H](O)CC[C@]5(C)[C@H]4CC[C@]3(C)[C@H]2[C@@H]1C)CO[C@@H]1O[C@H](CO)[C@@H](O)[C@H](O)[C@H]1O. The van der Waals surface area contributed by atoms with E-state index < -0.39 is 42.9 Å². The summed E-state index contributed by atoms with van der Waals surface area (Å²) in [4.78, 5) is 0. The zero-order chi connectivity index (χ0) is 30.9. The summed E-state index contributed by atoms with van der Waals surface area (Å²) in [5.41, 5.74) is -0.308. The predicted molar refractivity (Wildman–Crippen MR) is 157 cm³/mol. The molecule has 9 heteroatoms. The van der Waals surface area contributed by atoms with Gasteiger partial charge < -0.3 is 39.7 Å². The van der Waals surface area contributed by atoms with E-state index in [1.807, 2.05) is 6.92 Å². The Bertz CT molecular complexity index is 1050. The smallest absolute Gasteiger partial charge is 0.186 e. The first-order valence-corrected chi connectivity index (χ1v) is 17.1. The number of nitriles is 1. The molecule has 6 rings (SSSR count). The minimum absolute atomic E-state index is 0.0394. The second kappa shape index (κ2) is 11.8. The van der Waals surface area contributed by atoms with Crippen molar-refractivity contribution < 1.29 is 39.7 Å². The second-order valence-electron chi connectivity index (χ2n) is 16.0. The molecular weight excluding hydrogens is 550 g/mol. The topological polar surface area (TPSA) is 153 Å². The van der Waals surface area contributed by atoms with Crippen LogP contribution >= 0.6 is 0 Å². The lowest BCUT2D eigenvalue weighted by atomic mass is 9.44. The largest absolute Gasteiger partial charge is 0.394 e. The van der Waals surface area contributed by atoms with Crippen LogP contribution < -0.4 is 0 Å². The Balaban J connectivity index is 1.08. The molecule has 0 spiro atoms. The van der Waals surface area contributed by atoms with E-state index in [2.05, 4.69) is 26.8 Å². The third-order valence-corrected chi connectivity index (χ3v) is 14.0. The molecule has 0 aromatic rings. The highest BCUT2D eigenvalue weighted by atomic mass is 16.7. The van der Waals surface area contributed by atoms with Crippen LogP contribution in [0.3, 0.4) is 0 Å². The fourth-order valence-electron chi connectivity index (χ4n) is 11.4. The highest BCUT2D eigenvalue weighted by Gasteiger charge is 2.68. The Morgan fingerprint density at radius 3 is 2.42 bits per heavy atom. The van der Waals surface area contributed by atoms with Crippen molar-refractivity contribution >= 4 is 0 Å². The number of fused-ring (bicyclic) bond motifs is 7. The molecule has 43 heavy (non-hydrogen) atoms. The molecule has 2 aliphatic heterocycles. The van der Waals surface area contributed by atoms with E-state index in [4.69, 9.17) is 14.2 Å². The summed E-state index contributed by atoms with van der Waals surface area (Å²) < 4.78 is 18.1. The molecule has 6 fully saturated rings. The van der Waals surface area contributed by atoms with Gasteiger partial charge in [0.25, 0.3) is 0 Å². The van der Waals surface area contributed by atoms with Crippen LogP contribution in [0.4, 0.5) is 0 Å². The molecule has 9 nitrogen and oxygen atoms in total. The maximum Gasteiger partial charge on any atom is 0.186 e. The number of nitrogens with zero attached hydrogens (tertiary/aromatic N) is 1. The van der Waals surface area contributed by atoms with Crippen molar-refractivity contribution in [3.05, 3.63) is 0 Å². The van der Waals surface area contributed by atoms with Crippen molar-refractivity contribution in [3.8, 4) is 6.07 Å². The lowest BCUT2D eigenvalue weighted by Gasteiger charge is -2.61. The molecule has 0 amide bonds. The number of rotatable bonds is 7. The van der Waals surface area contributed by atoms with Crippen LogP contribution in [0.25, 0.3) is 0 Å². The van der Waals surface area contributed by atoms with Crippen LogP contribution in [0.1, 0.15) is 91.9 Å². The van der Waals surface area contributed by atoms with Crippen LogP contribution in [0, 0.1) is 63.6 Å². The average Bonchev–Trinajstić information content (AvgIpc) is 3.44. The van der Waals surface area contributed by atoms with Gasteiger partial charge in [0, 0.05) is 5.92 Å². The summed E-state index contributed by atoms with van der Waals surface area (Å²) in [5, 5.41) is 60.7. The lowest BCUT2D eigenvalue weighted by Crippen LogP contribution is -2.59. The van der Waals surface area contributed by atoms with E-state index in [0.717, 1.165) is 31.6 Å². The van der Waals surface area contributed by atoms with Gasteiger partial charge in [-0.05, 0) is 111 Å². The van der Waals surface area contributed by atoms with Gasteiger partial charge in [0.15, 0.2) is 11.9 Å². The van der Waals surface area contributed by atoms with Gasteiger partial charge in [-0.25, -0.2) is 0 Å². The van der Waals surface area contributed by atoms with E-state index in [-0.39, 0.29) is 36.1 Å². The number of hydrogen-bond donors (Lipinski definition) is 5. The molecule has 2 saturated heterocycles. The molecule has 5 N–H and O–H groups in total. The first-order valence-electron chi connectivity index (χ1n) is 17.1. The Kier molecular flexibility index (Phi) is 8.78. The van der Waals surface area contributed by atoms with Gasteiger partial charge in [0.1, 0.15) is 24.4 Å².